The molecule has 2 aromatic heterocycles. The second-order valence-corrected chi connectivity index (χ2v) is 10.1. The summed E-state index contributed by atoms with van der Waals surface area (Å²) in [6.45, 7) is 9.02. The van der Waals surface area contributed by atoms with Gasteiger partial charge in [0, 0.05) is 28.3 Å². The summed E-state index contributed by atoms with van der Waals surface area (Å²) in [5.41, 5.74) is 1.47. The van der Waals surface area contributed by atoms with Crippen molar-refractivity contribution >= 4 is 45.5 Å². The number of nitrogens with one attached hydrogen (secondary N) is 2. The molecule has 0 saturated heterocycles. The zero-order valence-electron chi connectivity index (χ0n) is 19.2. The van der Waals surface area contributed by atoms with Gasteiger partial charge in [-0.15, -0.1) is 0 Å². The number of unbranched alkanes of at least 4 members (excludes halogenated alkanes) is 2. The van der Waals surface area contributed by atoms with Crippen molar-refractivity contribution < 1.29 is 10.2 Å². The van der Waals surface area contributed by atoms with Crippen LogP contribution in [0, 0.1) is 3.57 Å². The van der Waals surface area contributed by atoms with E-state index in [9.17, 15) is 10.2 Å². The van der Waals surface area contributed by atoms with Gasteiger partial charge in [-0.05, 0) is 74.4 Å². The van der Waals surface area contributed by atoms with E-state index in [2.05, 4.69) is 54.7 Å². The first kappa shape index (κ1) is 24.5. The summed E-state index contributed by atoms with van der Waals surface area (Å²) >= 11 is 2.23. The summed E-state index contributed by atoms with van der Waals surface area (Å²) < 4.78 is 3.11. The van der Waals surface area contributed by atoms with Gasteiger partial charge in [0.15, 0.2) is 17.0 Å². The molecule has 3 aromatic rings. The van der Waals surface area contributed by atoms with Crippen LogP contribution in [0.25, 0.3) is 11.2 Å². The Morgan fingerprint density at radius 2 is 2.00 bits per heavy atom. The summed E-state index contributed by atoms with van der Waals surface area (Å²) in [7, 11) is 0. The molecular weight excluding hydrogens is 519 g/mol. The third-order valence-electron chi connectivity index (χ3n) is 5.14. The van der Waals surface area contributed by atoms with E-state index in [1.165, 1.54) is 0 Å². The number of fused-ring (bicyclic) bond motifs is 1. The van der Waals surface area contributed by atoms with Crippen LogP contribution >= 0.6 is 22.6 Å². The lowest BCUT2D eigenvalue weighted by atomic mass is 10.0. The molecule has 0 saturated carbocycles. The second-order valence-electron chi connectivity index (χ2n) is 8.90. The number of rotatable bonds is 11. The molecule has 0 aliphatic rings. The van der Waals surface area contributed by atoms with Crippen LogP contribution in [0.3, 0.4) is 0 Å². The highest BCUT2D eigenvalue weighted by Crippen LogP contribution is 2.25. The van der Waals surface area contributed by atoms with Gasteiger partial charge in [-0.25, -0.2) is 4.98 Å². The van der Waals surface area contributed by atoms with Crippen molar-refractivity contribution in [3.63, 3.8) is 0 Å². The molecular formula is C23H33IN6O2. The lowest BCUT2D eigenvalue weighted by molar-refractivity contribution is 0.0672. The molecule has 0 spiro atoms. The standard InChI is InChI=1S/C23H33IN6O2/c1-5-6-7-10-30-14-26-19-20(25-13-16-11-17(24)8-9-18(16)31)28-22(29-21(19)30)27-15(2)12-23(3,4)32/h8-9,11,14-15,31-32H,5-7,10,12-13H2,1-4H3,(H2,25,27,28,29). The number of nitrogens with zero attached hydrogens (tertiary/aromatic N) is 4. The van der Waals surface area contributed by atoms with E-state index in [1.807, 2.05) is 25.4 Å². The molecule has 4 N–H and O–H groups in total. The summed E-state index contributed by atoms with van der Waals surface area (Å²) in [5, 5.41) is 27.0. The molecule has 0 fully saturated rings. The molecule has 0 bridgehead atoms. The summed E-state index contributed by atoms with van der Waals surface area (Å²) in [6, 6.07) is 5.49. The molecule has 0 amide bonds. The Morgan fingerprint density at radius 1 is 1.22 bits per heavy atom. The van der Waals surface area contributed by atoms with Gasteiger partial charge in [0.1, 0.15) is 5.75 Å². The molecule has 0 aliphatic carbocycles. The number of aromatic hydroxyl groups is 1. The lowest BCUT2D eigenvalue weighted by Gasteiger charge is -2.23. The number of hydrogen-bond acceptors (Lipinski definition) is 7. The number of aryl methyl sites for hydroxylation is 1. The number of phenols is 1. The quantitative estimate of drug-likeness (QED) is 0.198. The van der Waals surface area contributed by atoms with Crippen LogP contribution in [0.2, 0.25) is 0 Å². The fraction of sp³-hybridized carbons (Fsp3) is 0.522. The van der Waals surface area contributed by atoms with E-state index in [4.69, 9.17) is 4.98 Å². The second kappa shape index (κ2) is 10.7. The molecule has 174 valence electrons. The number of aliphatic hydroxyl groups is 1. The third-order valence-corrected chi connectivity index (χ3v) is 5.81. The molecule has 9 heteroatoms. The Bertz CT molecular complexity index is 1050. The molecule has 2 heterocycles. The molecule has 8 nitrogen and oxygen atoms in total. The average Bonchev–Trinajstić information content (AvgIpc) is 3.10. The van der Waals surface area contributed by atoms with Crippen molar-refractivity contribution in [2.24, 2.45) is 0 Å². The van der Waals surface area contributed by atoms with Gasteiger partial charge >= 0.3 is 0 Å². The van der Waals surface area contributed by atoms with Crippen molar-refractivity contribution in [1.82, 2.24) is 19.5 Å². The predicted octanol–water partition coefficient (Wildman–Crippen LogP) is 4.90. The molecule has 32 heavy (non-hydrogen) atoms. The molecule has 1 atom stereocenters. The van der Waals surface area contributed by atoms with Gasteiger partial charge in [0.05, 0.1) is 11.9 Å². The summed E-state index contributed by atoms with van der Waals surface area (Å²) in [5.74, 6) is 1.34. The monoisotopic (exact) mass is 552 g/mol. The van der Waals surface area contributed by atoms with E-state index in [1.54, 1.807) is 19.9 Å². The van der Waals surface area contributed by atoms with Crippen LogP contribution in [0.15, 0.2) is 24.5 Å². The topological polar surface area (TPSA) is 108 Å². The Balaban J connectivity index is 1.90. The smallest absolute Gasteiger partial charge is 0.226 e. The van der Waals surface area contributed by atoms with Crippen molar-refractivity contribution in [3.05, 3.63) is 33.7 Å². The van der Waals surface area contributed by atoms with Crippen LogP contribution in [0.1, 0.15) is 58.9 Å². The van der Waals surface area contributed by atoms with Gasteiger partial charge in [0.25, 0.3) is 0 Å². The highest BCUT2D eigenvalue weighted by Gasteiger charge is 2.19. The minimum atomic E-state index is -0.790. The van der Waals surface area contributed by atoms with Gasteiger partial charge < -0.3 is 25.4 Å². The van der Waals surface area contributed by atoms with Crippen molar-refractivity contribution in [1.29, 1.82) is 0 Å². The Morgan fingerprint density at radius 3 is 2.72 bits per heavy atom. The number of anilines is 2. The van der Waals surface area contributed by atoms with E-state index in [-0.39, 0.29) is 11.8 Å². The number of hydrogen-bond donors (Lipinski definition) is 4. The Labute approximate surface area is 203 Å². The fourth-order valence-electron chi connectivity index (χ4n) is 3.72. The highest BCUT2D eigenvalue weighted by atomic mass is 127. The third kappa shape index (κ3) is 6.68. The van der Waals surface area contributed by atoms with E-state index < -0.39 is 5.60 Å². The van der Waals surface area contributed by atoms with Crippen LogP contribution in [0.4, 0.5) is 11.8 Å². The van der Waals surface area contributed by atoms with Crippen molar-refractivity contribution in [3.8, 4) is 5.75 Å². The number of phenolic OH excluding ortho intramolecular Hbond substituents is 1. The molecule has 1 aromatic carbocycles. The molecule has 1 unspecified atom stereocenters. The SMILES string of the molecule is CCCCCn1cnc2c(NCc3cc(I)ccc3O)nc(NC(C)CC(C)(C)O)nc21. The maximum atomic E-state index is 10.2. The number of aromatic nitrogens is 4. The van der Waals surface area contributed by atoms with Crippen LogP contribution in [-0.4, -0.2) is 41.4 Å². The number of halogens is 1. The first-order chi connectivity index (χ1) is 15.2. The maximum Gasteiger partial charge on any atom is 0.226 e. The van der Waals surface area contributed by atoms with E-state index in [0.29, 0.717) is 30.2 Å². The minimum absolute atomic E-state index is 0.0171. The van der Waals surface area contributed by atoms with Crippen molar-refractivity contribution in [2.75, 3.05) is 10.6 Å². The van der Waals surface area contributed by atoms with Crippen LogP contribution in [0.5, 0.6) is 5.75 Å². The van der Waals surface area contributed by atoms with E-state index >= 15 is 0 Å². The maximum absolute atomic E-state index is 10.2. The number of imidazole rings is 1. The van der Waals surface area contributed by atoms with Gasteiger partial charge in [-0.3, -0.25) is 0 Å². The predicted molar refractivity (Wildman–Crippen MR) is 137 cm³/mol. The van der Waals surface area contributed by atoms with Crippen LogP contribution in [-0.2, 0) is 13.1 Å². The lowest BCUT2D eigenvalue weighted by Crippen LogP contribution is -2.29. The highest BCUT2D eigenvalue weighted by molar-refractivity contribution is 14.1. The van der Waals surface area contributed by atoms with Gasteiger partial charge in [-0.2, -0.15) is 9.97 Å². The van der Waals surface area contributed by atoms with Crippen molar-refractivity contribution in [2.45, 2.75) is 78.1 Å². The zero-order chi connectivity index (χ0) is 23.3. The normalized spacial score (nSPS) is 12.8. The largest absolute Gasteiger partial charge is 0.508 e. The Hall–Kier alpha value is -2.14. The first-order valence-corrected chi connectivity index (χ1v) is 12.2. The van der Waals surface area contributed by atoms with Gasteiger partial charge in [-0.1, -0.05) is 19.8 Å². The molecule has 0 aliphatic heterocycles. The minimum Gasteiger partial charge on any atom is -0.508 e. The zero-order valence-corrected chi connectivity index (χ0v) is 21.3. The Kier molecular flexibility index (Phi) is 8.16. The number of benzene rings is 1. The van der Waals surface area contributed by atoms with E-state index in [0.717, 1.165) is 40.6 Å². The first-order valence-electron chi connectivity index (χ1n) is 11.1. The summed E-state index contributed by atoms with van der Waals surface area (Å²) in [4.78, 5) is 14.0. The average molecular weight is 552 g/mol. The summed E-state index contributed by atoms with van der Waals surface area (Å²) in [6.07, 6.45) is 5.73. The van der Waals surface area contributed by atoms with Crippen LogP contribution < -0.4 is 10.6 Å². The molecule has 0 radical (unpaired) electrons. The van der Waals surface area contributed by atoms with Gasteiger partial charge in [0.2, 0.25) is 5.95 Å². The molecule has 3 rings (SSSR count). The fourth-order valence-corrected chi connectivity index (χ4v) is 4.28.